The largest absolute Gasteiger partial charge is 0.460 e. The minimum absolute atomic E-state index is 0.000654. The number of Topliss-reactive ketones (excluding diaryl/α,β-unsaturated/α-hetero) is 1. The summed E-state index contributed by atoms with van der Waals surface area (Å²) in [5.74, 6) is 2.02. The van der Waals surface area contributed by atoms with Crippen molar-refractivity contribution in [2.75, 3.05) is 75.8 Å². The van der Waals surface area contributed by atoms with Crippen molar-refractivity contribution in [2.45, 2.75) is 259 Å². The molecule has 10 aliphatic rings. The Morgan fingerprint density at radius 1 is 0.373 bits per heavy atom. The lowest BCUT2D eigenvalue weighted by Crippen LogP contribution is -2.46. The number of hydrogen-bond donors (Lipinski definition) is 3. The Hall–Kier alpha value is -8.25. The highest BCUT2D eigenvalue weighted by atomic mass is 32.2. The zero-order chi connectivity index (χ0) is 96.9. The molecule has 0 bridgehead atoms. The monoisotopic (exact) mass is 1950 g/mol. The van der Waals surface area contributed by atoms with Gasteiger partial charge in [-0.1, -0.05) is 78.5 Å². The highest BCUT2D eigenvalue weighted by Crippen LogP contribution is 2.57. The van der Waals surface area contributed by atoms with Crippen molar-refractivity contribution >= 4 is 125 Å². The van der Waals surface area contributed by atoms with E-state index in [-0.39, 0.29) is 138 Å². The Kier molecular flexibility index (Phi) is 35.2. The summed E-state index contributed by atoms with van der Waals surface area (Å²) >= 11 is 7.78. The number of fused-ring (bicyclic) bond motifs is 5. The van der Waals surface area contributed by atoms with Gasteiger partial charge in [-0.15, -0.1) is 47.0 Å². The van der Waals surface area contributed by atoms with Crippen molar-refractivity contribution in [3.63, 3.8) is 0 Å². The van der Waals surface area contributed by atoms with Gasteiger partial charge in [0.05, 0.1) is 109 Å². The third kappa shape index (κ3) is 25.6. The normalized spacial score (nSPS) is 28.1. The van der Waals surface area contributed by atoms with E-state index in [1.807, 2.05) is 96.1 Å². The average Bonchev–Trinajstić information content (AvgIpc) is 0.754. The number of nitrogens with zero attached hydrogens (tertiary/aromatic N) is 6. The molecule has 134 heavy (non-hydrogen) atoms. The number of carbonyl (C=O) groups excluding carboxylic acids is 4. The lowest BCUT2D eigenvalue weighted by atomic mass is 9.68. The van der Waals surface area contributed by atoms with Gasteiger partial charge in [0.1, 0.15) is 45.9 Å². The van der Waals surface area contributed by atoms with Crippen molar-refractivity contribution in [3.8, 4) is 0 Å². The van der Waals surface area contributed by atoms with Gasteiger partial charge < -0.3 is 55.1 Å². The number of nitro groups is 1. The number of amidine groups is 1. The third-order valence-corrected chi connectivity index (χ3v) is 32.1. The lowest BCUT2D eigenvalue weighted by molar-refractivity contribution is -0.385. The number of ketones is 1. The molecular weight excluding hydrogens is 1820 g/mol. The molecule has 6 aromatic rings. The second-order valence-corrected chi connectivity index (χ2v) is 44.3. The molecule has 0 saturated heterocycles. The molecule has 0 radical (unpaired) electrons. The Labute approximate surface area is 805 Å². The average molecular weight is 1950 g/mol. The first kappa shape index (κ1) is 105. The van der Waals surface area contributed by atoms with Gasteiger partial charge in [0.15, 0.2) is 11.0 Å². The molecule has 0 spiro atoms. The number of rotatable bonds is 20. The van der Waals surface area contributed by atoms with Crippen LogP contribution in [0, 0.1) is 68.8 Å². The summed E-state index contributed by atoms with van der Waals surface area (Å²) < 4.78 is 118. The zero-order valence-electron chi connectivity index (χ0n) is 79.0. The molecular formula is C101H128F5N9O14S5. The SMILES string of the molecule is CO[C@H]1CC[C@]2(c3cc(N)ccc3F)N=C(CC(=O)OC(C)(C)C)SC[C@@H]2C1.CO[C@H]1CC[C@]2(c3cc(N)ccc3F)N=C(CC(=O)OC(C)(C)C)SC[C@@H]2C1.CO[C@H]1CC[C@]2(c3cc([N+](=O)[O-])ccc3F)N=C(CC(=O)OC(C)(C)C)SC[C@@H]2C1.CO[C@H]1CC[C@]2(c3ccccc3F)N=C(CC(=O)c3ccccc3)SC[C@@H]2C1.CO[C@H]1CC[C@]2(c3ccccc3F)N=C(N)SC[C@@H]2C1. The molecule has 5 saturated carbocycles. The van der Waals surface area contributed by atoms with Gasteiger partial charge >= 0.3 is 17.9 Å². The predicted molar refractivity (Wildman–Crippen MR) is 527 cm³/mol. The van der Waals surface area contributed by atoms with E-state index in [2.05, 4.69) is 0 Å². The fourth-order valence-corrected chi connectivity index (χ4v) is 26.3. The Morgan fingerprint density at radius 2 is 0.649 bits per heavy atom. The maximum Gasteiger partial charge on any atom is 0.312 e. The molecule has 23 nitrogen and oxygen atoms in total. The quantitative estimate of drug-likeness (QED) is 0.0122. The number of methoxy groups -OCH3 is 5. The predicted octanol–water partition coefficient (Wildman–Crippen LogP) is 21.4. The number of non-ortho nitro benzene ring substituents is 1. The molecule has 5 heterocycles. The smallest absolute Gasteiger partial charge is 0.312 e. The Balaban J connectivity index is 0.000000152. The molecule has 0 unspecified atom stereocenters. The minimum Gasteiger partial charge on any atom is -0.460 e. The van der Waals surface area contributed by atoms with E-state index in [1.54, 1.807) is 140 Å². The second kappa shape index (κ2) is 45.1. The van der Waals surface area contributed by atoms with Gasteiger partial charge in [-0.3, -0.25) is 54.3 Å². The molecule has 33 heteroatoms. The van der Waals surface area contributed by atoms with Gasteiger partial charge in [-0.05, 0) is 213 Å². The number of nitrogen functional groups attached to an aromatic ring is 2. The van der Waals surface area contributed by atoms with Crippen LogP contribution in [0.3, 0.4) is 0 Å². The van der Waals surface area contributed by atoms with E-state index < -0.39 is 61.2 Å². The first-order valence-electron chi connectivity index (χ1n) is 45.8. The van der Waals surface area contributed by atoms with Crippen molar-refractivity contribution < 1.29 is 83.9 Å². The molecule has 15 atom stereocenters. The fraction of sp³-hybridized carbons (Fsp3) is 0.554. The number of esters is 3. The standard InChI is InChI=1S/C23H24FNO2S.C21H27FN2O5S.2C21H29FN2O3S.C15H19FN2OS/c1-27-18-11-12-23(19-9-5-6-10-20(19)24)17(13-18)15-28-22(25-23)14-21(26)16-7-3-2-4-8-16;1-20(2,3)29-19(25)11-18-23-21(8-7-15(28-4)9-13(21)12-30-18)16-10-14(24(26)27)5-6-17(16)22;2*1-20(2,3)27-19(25)11-18-24-21(16-10-14(23)5-6-17(16)22)8-7-15(26-4)9-13(21)12-28-18;1-19-11-6-7-15(12-4-2-3-5-13(12)16)10(8-11)9-20-14(17)18-15/h2-10,17-18H,11-15H2,1H3;5-6,10,13,15H,7-9,11-12H2,1-4H3;2*5-6,10,13,15H,7-9,11-12,23H2,1-4H3;2-5,10-11H,6-9H2,1H3,(H2,17,18)/t17-,18-,23-;3*13-,15-,21-;10-,11-,15-/m00000/s1. The van der Waals surface area contributed by atoms with Crippen molar-refractivity contribution in [2.24, 2.45) is 60.3 Å². The number of halogens is 5. The number of aliphatic imine (C=N–C) groups is 5. The van der Waals surface area contributed by atoms with E-state index in [1.165, 1.54) is 42.1 Å². The molecule has 5 aliphatic heterocycles. The zero-order valence-corrected chi connectivity index (χ0v) is 83.1. The molecule has 16 rings (SSSR count). The minimum atomic E-state index is -0.951. The molecule has 0 aromatic heterocycles. The van der Waals surface area contributed by atoms with Gasteiger partial charge in [0, 0.05) is 151 Å². The topological polar surface area (TPSA) is 325 Å². The summed E-state index contributed by atoms with van der Waals surface area (Å²) in [5, 5.41) is 14.7. The molecule has 6 aromatic carbocycles. The van der Waals surface area contributed by atoms with Gasteiger partial charge in [0.2, 0.25) is 0 Å². The van der Waals surface area contributed by atoms with Gasteiger partial charge in [-0.2, -0.15) is 0 Å². The van der Waals surface area contributed by atoms with E-state index in [0.717, 1.165) is 104 Å². The van der Waals surface area contributed by atoms with Crippen LogP contribution in [0.5, 0.6) is 0 Å². The summed E-state index contributed by atoms with van der Waals surface area (Å²) in [4.78, 5) is 85.0. The summed E-state index contributed by atoms with van der Waals surface area (Å²) in [6, 6.07) is 36.1. The van der Waals surface area contributed by atoms with Crippen molar-refractivity contribution in [1.82, 2.24) is 0 Å². The first-order valence-corrected chi connectivity index (χ1v) is 50.8. The van der Waals surface area contributed by atoms with Crippen LogP contribution in [0.25, 0.3) is 0 Å². The van der Waals surface area contributed by atoms with Crippen LogP contribution < -0.4 is 17.2 Å². The highest BCUT2D eigenvalue weighted by Gasteiger charge is 2.55. The number of benzene rings is 6. The first-order chi connectivity index (χ1) is 63.6. The Bertz CT molecular complexity index is 5200. The maximum atomic E-state index is 15.0. The van der Waals surface area contributed by atoms with Crippen LogP contribution in [-0.2, 0) is 80.0 Å². The second-order valence-electron chi connectivity index (χ2n) is 38.9. The van der Waals surface area contributed by atoms with Crippen LogP contribution in [0.15, 0.2) is 158 Å². The van der Waals surface area contributed by atoms with Crippen LogP contribution in [0.1, 0.15) is 222 Å². The van der Waals surface area contributed by atoms with Crippen LogP contribution in [0.4, 0.5) is 39.0 Å². The number of thioether (sulfide) groups is 5. The molecule has 726 valence electrons. The summed E-state index contributed by atoms with van der Waals surface area (Å²) in [7, 11) is 8.56. The lowest BCUT2D eigenvalue weighted by Gasteiger charge is -2.46. The number of ether oxygens (including phenoxy) is 8. The summed E-state index contributed by atoms with van der Waals surface area (Å²) in [5.41, 5.74) is 16.8. The molecule has 6 N–H and O–H groups in total. The fourth-order valence-electron chi connectivity index (χ4n) is 20.3. The van der Waals surface area contributed by atoms with Gasteiger partial charge in [-0.25, -0.2) is 22.0 Å². The maximum absolute atomic E-state index is 15.0. The number of anilines is 2. The third-order valence-electron chi connectivity index (χ3n) is 26.6. The van der Waals surface area contributed by atoms with E-state index >= 15 is 0 Å². The highest BCUT2D eigenvalue weighted by molar-refractivity contribution is 8.15. The van der Waals surface area contributed by atoms with E-state index in [4.69, 9.17) is 80.1 Å². The number of carbonyl (C=O) groups is 4. The van der Waals surface area contributed by atoms with Crippen LogP contribution in [0.2, 0.25) is 0 Å². The van der Waals surface area contributed by atoms with E-state index in [0.29, 0.717) is 97.3 Å². The molecule has 5 fully saturated rings. The number of nitro benzene ring substituents is 1. The molecule has 5 aliphatic carbocycles. The van der Waals surface area contributed by atoms with E-state index in [9.17, 15) is 51.2 Å². The van der Waals surface area contributed by atoms with Crippen LogP contribution in [-0.4, -0.2) is 166 Å². The van der Waals surface area contributed by atoms with Crippen molar-refractivity contribution in [3.05, 3.63) is 206 Å². The number of nitrogens with two attached hydrogens (primary N) is 3. The van der Waals surface area contributed by atoms with Crippen LogP contribution >= 0.6 is 58.8 Å². The Morgan fingerprint density at radius 3 is 0.963 bits per heavy atom. The number of hydrogen-bond acceptors (Lipinski definition) is 27. The van der Waals surface area contributed by atoms with Gasteiger partial charge in [0.25, 0.3) is 5.69 Å². The summed E-state index contributed by atoms with van der Waals surface area (Å²) in [6.45, 7) is 16.4. The van der Waals surface area contributed by atoms with Crippen molar-refractivity contribution in [1.29, 1.82) is 0 Å². The summed E-state index contributed by atoms with van der Waals surface area (Å²) in [6.07, 6.45) is 12.6. The molecule has 0 amide bonds.